The van der Waals surface area contributed by atoms with Crippen molar-refractivity contribution in [2.24, 2.45) is 5.92 Å². The Kier molecular flexibility index (Phi) is 9.56. The van der Waals surface area contributed by atoms with E-state index in [1.807, 2.05) is 80.6 Å². The Labute approximate surface area is 234 Å². The molecule has 0 fully saturated rings. The van der Waals surface area contributed by atoms with Crippen molar-refractivity contribution in [2.45, 2.75) is 57.9 Å². The first-order valence-corrected chi connectivity index (χ1v) is 13.5. The van der Waals surface area contributed by atoms with E-state index in [-0.39, 0.29) is 31.5 Å². The molecule has 0 aromatic heterocycles. The molecule has 40 heavy (non-hydrogen) atoms. The summed E-state index contributed by atoms with van der Waals surface area (Å²) >= 11 is 0. The first-order chi connectivity index (χ1) is 19.2. The van der Waals surface area contributed by atoms with Crippen LogP contribution in [0, 0.1) is 5.92 Å². The van der Waals surface area contributed by atoms with Crippen molar-refractivity contribution in [3.63, 3.8) is 0 Å². The molecule has 0 bridgehead atoms. The van der Waals surface area contributed by atoms with Crippen molar-refractivity contribution in [3.05, 3.63) is 95.6 Å². The van der Waals surface area contributed by atoms with Gasteiger partial charge in [0.25, 0.3) is 0 Å². The van der Waals surface area contributed by atoms with Crippen molar-refractivity contribution < 1.29 is 29.0 Å². The van der Waals surface area contributed by atoms with Crippen LogP contribution in [0.3, 0.4) is 0 Å². The summed E-state index contributed by atoms with van der Waals surface area (Å²) in [7, 11) is 0. The van der Waals surface area contributed by atoms with Gasteiger partial charge in [-0.05, 0) is 47.1 Å². The van der Waals surface area contributed by atoms with Crippen LogP contribution in [0.1, 0.15) is 49.8 Å². The van der Waals surface area contributed by atoms with Gasteiger partial charge in [0.15, 0.2) is 0 Å². The Bertz CT molecular complexity index is 1280. The Balaban J connectivity index is 1.46. The largest absolute Gasteiger partial charge is 0.480 e. The van der Waals surface area contributed by atoms with E-state index in [0.717, 1.165) is 27.8 Å². The summed E-state index contributed by atoms with van der Waals surface area (Å²) in [6.45, 7) is 5.71. The number of carboxylic acids is 1. The maximum atomic E-state index is 13.3. The maximum absolute atomic E-state index is 13.3. The Hall–Kier alpha value is -4.17. The van der Waals surface area contributed by atoms with Gasteiger partial charge < -0.3 is 25.2 Å². The molecule has 0 radical (unpaired) electrons. The van der Waals surface area contributed by atoms with Crippen LogP contribution in [0.25, 0.3) is 11.1 Å². The van der Waals surface area contributed by atoms with Gasteiger partial charge in [-0.1, -0.05) is 92.7 Å². The van der Waals surface area contributed by atoms with Crippen LogP contribution in [0.4, 0.5) is 4.79 Å². The second-order valence-electron chi connectivity index (χ2n) is 10.5. The number of carbonyl (C=O) groups is 3. The van der Waals surface area contributed by atoms with Gasteiger partial charge in [-0.3, -0.25) is 4.79 Å². The van der Waals surface area contributed by atoms with Crippen molar-refractivity contribution in [1.82, 2.24) is 10.6 Å². The summed E-state index contributed by atoms with van der Waals surface area (Å²) < 4.78 is 11.6. The molecule has 8 heteroatoms. The average molecular weight is 545 g/mol. The van der Waals surface area contributed by atoms with E-state index in [0.29, 0.717) is 0 Å². The Morgan fingerprint density at radius 2 is 1.40 bits per heavy atom. The number of benzene rings is 3. The molecule has 0 aliphatic heterocycles. The fraction of sp³-hybridized carbons (Fsp3) is 0.344. The van der Waals surface area contributed by atoms with Crippen LogP contribution >= 0.6 is 0 Å². The molecule has 3 atom stereocenters. The summed E-state index contributed by atoms with van der Waals surface area (Å²) in [5, 5.41) is 14.8. The zero-order chi connectivity index (χ0) is 28.6. The number of hydrogen-bond donors (Lipinski definition) is 3. The third kappa shape index (κ3) is 7.07. The van der Waals surface area contributed by atoms with Crippen LogP contribution < -0.4 is 10.6 Å². The third-order valence-electron chi connectivity index (χ3n) is 7.05. The first kappa shape index (κ1) is 28.8. The van der Waals surface area contributed by atoms with Crippen molar-refractivity contribution in [3.8, 4) is 11.1 Å². The first-order valence-electron chi connectivity index (χ1n) is 13.5. The molecule has 4 rings (SSSR count). The number of nitrogens with one attached hydrogen (secondary N) is 2. The third-order valence-corrected chi connectivity index (χ3v) is 7.05. The zero-order valence-corrected chi connectivity index (χ0v) is 23.0. The highest BCUT2D eigenvalue weighted by Crippen LogP contribution is 2.44. The number of alkyl carbamates (subject to hydrolysis) is 1. The predicted octanol–water partition coefficient (Wildman–Crippen LogP) is 5.11. The van der Waals surface area contributed by atoms with E-state index >= 15 is 0 Å². The summed E-state index contributed by atoms with van der Waals surface area (Å²) in [5.41, 5.74) is 5.26. The topological polar surface area (TPSA) is 114 Å². The van der Waals surface area contributed by atoms with Crippen molar-refractivity contribution in [2.75, 3.05) is 6.61 Å². The SMILES string of the molecule is CC(C)CC(NC(=O)[C@H](NC(=O)OCC1c2ccccc2-c2ccccc21)[C@H](C)OCc1ccccc1)C(=O)O. The quantitative estimate of drug-likeness (QED) is 0.292. The molecule has 8 nitrogen and oxygen atoms in total. The highest BCUT2D eigenvalue weighted by molar-refractivity contribution is 5.89. The molecule has 210 valence electrons. The number of hydrogen-bond acceptors (Lipinski definition) is 5. The fourth-order valence-corrected chi connectivity index (χ4v) is 5.02. The molecule has 1 aliphatic rings. The van der Waals surface area contributed by atoms with E-state index in [9.17, 15) is 19.5 Å². The van der Waals surface area contributed by atoms with Crippen LogP contribution in [0.15, 0.2) is 78.9 Å². The van der Waals surface area contributed by atoms with E-state index < -0.39 is 36.2 Å². The molecule has 3 aromatic rings. The van der Waals surface area contributed by atoms with Gasteiger partial charge in [0, 0.05) is 5.92 Å². The number of fused-ring (bicyclic) bond motifs is 3. The molecule has 0 heterocycles. The number of ether oxygens (including phenoxy) is 2. The molecule has 0 spiro atoms. The molecule has 3 aromatic carbocycles. The van der Waals surface area contributed by atoms with Crippen molar-refractivity contribution in [1.29, 1.82) is 0 Å². The van der Waals surface area contributed by atoms with Gasteiger partial charge in [0.2, 0.25) is 5.91 Å². The second kappa shape index (κ2) is 13.3. The summed E-state index contributed by atoms with van der Waals surface area (Å²) in [6.07, 6.45) is -1.31. The van der Waals surface area contributed by atoms with Gasteiger partial charge in [-0.15, -0.1) is 0 Å². The number of carboxylic acid groups (broad SMARTS) is 1. The predicted molar refractivity (Wildman–Crippen MR) is 152 cm³/mol. The lowest BCUT2D eigenvalue weighted by Crippen LogP contribution is -2.56. The molecular formula is C32H36N2O6. The number of rotatable bonds is 12. The monoisotopic (exact) mass is 544 g/mol. The van der Waals surface area contributed by atoms with E-state index in [1.54, 1.807) is 6.92 Å². The minimum Gasteiger partial charge on any atom is -0.480 e. The van der Waals surface area contributed by atoms with Crippen LogP contribution in [-0.4, -0.2) is 47.9 Å². The van der Waals surface area contributed by atoms with Crippen LogP contribution in [0.5, 0.6) is 0 Å². The Morgan fingerprint density at radius 1 is 0.825 bits per heavy atom. The van der Waals surface area contributed by atoms with E-state index in [2.05, 4.69) is 22.8 Å². The van der Waals surface area contributed by atoms with E-state index in [4.69, 9.17) is 9.47 Å². The van der Waals surface area contributed by atoms with Crippen LogP contribution in [0.2, 0.25) is 0 Å². The Morgan fingerprint density at radius 3 is 1.98 bits per heavy atom. The number of carbonyl (C=O) groups excluding carboxylic acids is 2. The number of amides is 2. The molecule has 1 unspecified atom stereocenters. The second-order valence-corrected chi connectivity index (χ2v) is 10.5. The minimum absolute atomic E-state index is 0.0432. The molecule has 3 N–H and O–H groups in total. The van der Waals surface area contributed by atoms with Gasteiger partial charge in [0.1, 0.15) is 18.7 Å². The standard InChI is InChI=1S/C32H36N2O6/c1-20(2)17-28(31(36)37)33-30(35)29(21(3)39-18-22-11-5-4-6-12-22)34-32(38)40-19-27-25-15-9-7-13-23(25)24-14-8-10-16-26(24)27/h4-16,20-21,27-29H,17-19H2,1-3H3,(H,33,35)(H,34,38)(H,36,37)/t21-,28?,29+/m0/s1. The lowest BCUT2D eigenvalue weighted by Gasteiger charge is -2.27. The lowest BCUT2D eigenvalue weighted by molar-refractivity contribution is -0.143. The zero-order valence-electron chi connectivity index (χ0n) is 23.0. The fourth-order valence-electron chi connectivity index (χ4n) is 5.02. The van der Waals surface area contributed by atoms with Crippen LogP contribution in [-0.2, 0) is 25.7 Å². The lowest BCUT2D eigenvalue weighted by atomic mass is 9.98. The van der Waals surface area contributed by atoms with Gasteiger partial charge >= 0.3 is 12.1 Å². The molecule has 0 saturated carbocycles. The van der Waals surface area contributed by atoms with Gasteiger partial charge in [0.05, 0.1) is 12.7 Å². The minimum atomic E-state index is -1.17. The molecule has 1 aliphatic carbocycles. The number of aliphatic carboxylic acids is 1. The molecular weight excluding hydrogens is 508 g/mol. The molecule has 0 saturated heterocycles. The van der Waals surface area contributed by atoms with Crippen molar-refractivity contribution >= 4 is 18.0 Å². The summed E-state index contributed by atoms with van der Waals surface area (Å²) in [5.74, 6) is -1.89. The summed E-state index contributed by atoms with van der Waals surface area (Å²) in [6, 6.07) is 23.2. The normalized spacial score (nSPS) is 14.5. The summed E-state index contributed by atoms with van der Waals surface area (Å²) in [4.78, 5) is 38.1. The average Bonchev–Trinajstić information content (AvgIpc) is 3.27. The van der Waals surface area contributed by atoms with Gasteiger partial charge in [-0.2, -0.15) is 0 Å². The van der Waals surface area contributed by atoms with Gasteiger partial charge in [-0.25, -0.2) is 9.59 Å². The molecule has 2 amide bonds. The van der Waals surface area contributed by atoms with E-state index in [1.165, 1.54) is 0 Å². The highest BCUT2D eigenvalue weighted by atomic mass is 16.5. The smallest absolute Gasteiger partial charge is 0.407 e. The highest BCUT2D eigenvalue weighted by Gasteiger charge is 2.33. The maximum Gasteiger partial charge on any atom is 0.407 e.